The summed E-state index contributed by atoms with van der Waals surface area (Å²) in [7, 11) is 0. The second-order valence-electron chi connectivity index (χ2n) is 3.79. The number of benzene rings is 2. The summed E-state index contributed by atoms with van der Waals surface area (Å²) in [6.45, 7) is 2.04. The Labute approximate surface area is 99.8 Å². The van der Waals surface area contributed by atoms with E-state index >= 15 is 0 Å². The van der Waals surface area contributed by atoms with Crippen molar-refractivity contribution in [3.63, 3.8) is 0 Å². The molecule has 2 nitrogen and oxygen atoms in total. The maximum atomic E-state index is 12.6. The third kappa shape index (κ3) is 3.41. The lowest BCUT2D eigenvalue weighted by molar-refractivity contribution is 0.628. The van der Waals surface area contributed by atoms with Gasteiger partial charge >= 0.3 is 0 Å². The molecule has 0 aliphatic rings. The number of hydrogen-bond donors (Lipinski definition) is 1. The molecule has 0 fully saturated rings. The molecule has 0 heterocycles. The van der Waals surface area contributed by atoms with E-state index in [2.05, 4.69) is 10.5 Å². The molecule has 0 spiro atoms. The number of aryl methyl sites for hydroxylation is 1. The fraction of sp³-hybridized carbons (Fsp3) is 0.0714. The molecule has 0 aliphatic carbocycles. The molecule has 0 atom stereocenters. The van der Waals surface area contributed by atoms with Crippen LogP contribution in [0, 0.1) is 12.7 Å². The largest absolute Gasteiger partial charge is 0.279 e. The average molecular weight is 228 g/mol. The molecule has 1 N–H and O–H groups in total. The van der Waals surface area contributed by atoms with Gasteiger partial charge in [-0.1, -0.05) is 29.8 Å². The van der Waals surface area contributed by atoms with Crippen molar-refractivity contribution in [1.29, 1.82) is 0 Å². The van der Waals surface area contributed by atoms with Crippen molar-refractivity contribution < 1.29 is 4.39 Å². The second-order valence-corrected chi connectivity index (χ2v) is 3.79. The fourth-order valence-corrected chi connectivity index (χ4v) is 1.36. The number of hydrogen-bond acceptors (Lipinski definition) is 2. The van der Waals surface area contributed by atoms with E-state index in [4.69, 9.17) is 0 Å². The standard InChI is InChI=1S/C14H13FN2/c1-11-2-4-12(5-3-11)10-16-17-14-8-6-13(15)7-9-14/h2-10,17H,1H3/b16-10-. The number of nitrogens with one attached hydrogen (secondary N) is 1. The Morgan fingerprint density at radius 2 is 1.65 bits per heavy atom. The molecule has 2 aromatic carbocycles. The van der Waals surface area contributed by atoms with Crippen LogP contribution in [0.2, 0.25) is 0 Å². The van der Waals surface area contributed by atoms with Crippen LogP contribution in [0.25, 0.3) is 0 Å². The molecule has 17 heavy (non-hydrogen) atoms. The molecule has 0 aliphatic heterocycles. The van der Waals surface area contributed by atoms with E-state index in [-0.39, 0.29) is 5.82 Å². The summed E-state index contributed by atoms with van der Waals surface area (Å²) in [4.78, 5) is 0. The number of nitrogens with zero attached hydrogens (tertiary/aromatic N) is 1. The molecule has 86 valence electrons. The summed E-state index contributed by atoms with van der Waals surface area (Å²) in [6, 6.07) is 14.1. The normalized spacial score (nSPS) is 10.7. The molecular weight excluding hydrogens is 215 g/mol. The van der Waals surface area contributed by atoms with Gasteiger partial charge in [0.15, 0.2) is 0 Å². The zero-order valence-electron chi connectivity index (χ0n) is 9.52. The van der Waals surface area contributed by atoms with E-state index in [1.54, 1.807) is 18.3 Å². The Hall–Kier alpha value is -2.16. The zero-order valence-corrected chi connectivity index (χ0v) is 9.52. The van der Waals surface area contributed by atoms with Crippen molar-refractivity contribution in [2.24, 2.45) is 5.10 Å². The molecule has 0 unspecified atom stereocenters. The summed E-state index contributed by atoms with van der Waals surface area (Å²) in [6.07, 6.45) is 1.72. The lowest BCUT2D eigenvalue weighted by Crippen LogP contribution is -1.90. The summed E-state index contributed by atoms with van der Waals surface area (Å²) < 4.78 is 12.6. The summed E-state index contributed by atoms with van der Waals surface area (Å²) >= 11 is 0. The highest BCUT2D eigenvalue weighted by Crippen LogP contribution is 2.08. The minimum atomic E-state index is -0.252. The first-order valence-corrected chi connectivity index (χ1v) is 5.35. The summed E-state index contributed by atoms with van der Waals surface area (Å²) in [5.41, 5.74) is 5.83. The SMILES string of the molecule is Cc1ccc(/C=N\Nc2ccc(F)cc2)cc1. The molecule has 0 saturated heterocycles. The summed E-state index contributed by atoms with van der Waals surface area (Å²) in [5.74, 6) is -0.252. The number of hydrazone groups is 1. The first-order valence-electron chi connectivity index (χ1n) is 5.35. The van der Waals surface area contributed by atoms with Crippen LogP contribution in [-0.2, 0) is 0 Å². The topological polar surface area (TPSA) is 24.4 Å². The van der Waals surface area contributed by atoms with E-state index in [0.29, 0.717) is 0 Å². The first kappa shape index (κ1) is 11.3. The van der Waals surface area contributed by atoms with Gasteiger partial charge in [0.25, 0.3) is 0 Å². The Balaban J connectivity index is 1.97. The van der Waals surface area contributed by atoms with Gasteiger partial charge in [-0.2, -0.15) is 5.10 Å². The second kappa shape index (κ2) is 5.25. The molecular formula is C14H13FN2. The number of rotatable bonds is 3. The lowest BCUT2D eigenvalue weighted by Gasteiger charge is -1.99. The number of anilines is 1. The Bertz CT molecular complexity index is 501. The first-order chi connectivity index (χ1) is 8.24. The van der Waals surface area contributed by atoms with Gasteiger partial charge in [0.05, 0.1) is 11.9 Å². The highest BCUT2D eigenvalue weighted by Gasteiger charge is 1.90. The fourth-order valence-electron chi connectivity index (χ4n) is 1.36. The van der Waals surface area contributed by atoms with Crippen LogP contribution < -0.4 is 5.43 Å². The van der Waals surface area contributed by atoms with E-state index in [9.17, 15) is 4.39 Å². The third-order valence-electron chi connectivity index (χ3n) is 2.33. The third-order valence-corrected chi connectivity index (χ3v) is 2.33. The van der Waals surface area contributed by atoms with Gasteiger partial charge < -0.3 is 0 Å². The van der Waals surface area contributed by atoms with Crippen LogP contribution in [0.1, 0.15) is 11.1 Å². The Morgan fingerprint density at radius 3 is 2.29 bits per heavy atom. The molecule has 0 saturated carbocycles. The van der Waals surface area contributed by atoms with Crippen LogP contribution in [0.3, 0.4) is 0 Å². The molecule has 2 rings (SSSR count). The van der Waals surface area contributed by atoms with Crippen molar-refractivity contribution >= 4 is 11.9 Å². The minimum Gasteiger partial charge on any atom is -0.279 e. The van der Waals surface area contributed by atoms with E-state index < -0.39 is 0 Å². The van der Waals surface area contributed by atoms with Crippen molar-refractivity contribution in [3.05, 3.63) is 65.5 Å². The average Bonchev–Trinajstić information content (AvgIpc) is 2.34. The van der Waals surface area contributed by atoms with Gasteiger partial charge in [0, 0.05) is 0 Å². The quantitative estimate of drug-likeness (QED) is 0.630. The van der Waals surface area contributed by atoms with Crippen molar-refractivity contribution in [2.45, 2.75) is 6.92 Å². The van der Waals surface area contributed by atoms with E-state index in [1.807, 2.05) is 31.2 Å². The zero-order chi connectivity index (χ0) is 12.1. The predicted octanol–water partition coefficient (Wildman–Crippen LogP) is 3.58. The maximum Gasteiger partial charge on any atom is 0.123 e. The van der Waals surface area contributed by atoms with Crippen LogP contribution in [0.5, 0.6) is 0 Å². The summed E-state index contributed by atoms with van der Waals surface area (Å²) in [5, 5.41) is 4.07. The van der Waals surface area contributed by atoms with Gasteiger partial charge in [-0.3, -0.25) is 5.43 Å². The molecule has 0 bridgehead atoms. The molecule has 2 aromatic rings. The lowest BCUT2D eigenvalue weighted by atomic mass is 10.2. The van der Waals surface area contributed by atoms with Crippen molar-refractivity contribution in [3.8, 4) is 0 Å². The molecule has 3 heteroatoms. The van der Waals surface area contributed by atoms with Gasteiger partial charge in [0.1, 0.15) is 5.82 Å². The predicted molar refractivity (Wildman–Crippen MR) is 68.8 cm³/mol. The number of halogens is 1. The van der Waals surface area contributed by atoms with Crippen molar-refractivity contribution in [2.75, 3.05) is 5.43 Å². The van der Waals surface area contributed by atoms with Gasteiger partial charge in [0.2, 0.25) is 0 Å². The monoisotopic (exact) mass is 228 g/mol. The Kier molecular flexibility index (Phi) is 3.50. The van der Waals surface area contributed by atoms with Crippen LogP contribution in [0.15, 0.2) is 53.6 Å². The van der Waals surface area contributed by atoms with Crippen LogP contribution in [-0.4, -0.2) is 6.21 Å². The molecule has 0 radical (unpaired) electrons. The minimum absolute atomic E-state index is 0.252. The van der Waals surface area contributed by atoms with E-state index in [0.717, 1.165) is 11.3 Å². The van der Waals surface area contributed by atoms with Crippen LogP contribution in [0.4, 0.5) is 10.1 Å². The molecule has 0 aromatic heterocycles. The van der Waals surface area contributed by atoms with Crippen LogP contribution >= 0.6 is 0 Å². The highest BCUT2D eigenvalue weighted by molar-refractivity contribution is 5.80. The highest BCUT2D eigenvalue weighted by atomic mass is 19.1. The van der Waals surface area contributed by atoms with Gasteiger partial charge in [-0.15, -0.1) is 0 Å². The smallest absolute Gasteiger partial charge is 0.123 e. The molecule has 0 amide bonds. The van der Waals surface area contributed by atoms with E-state index in [1.165, 1.54) is 17.7 Å². The Morgan fingerprint density at radius 1 is 1.00 bits per heavy atom. The van der Waals surface area contributed by atoms with Crippen molar-refractivity contribution in [1.82, 2.24) is 0 Å². The van der Waals surface area contributed by atoms with Gasteiger partial charge in [-0.05, 0) is 36.8 Å². The maximum absolute atomic E-state index is 12.6. The van der Waals surface area contributed by atoms with Gasteiger partial charge in [-0.25, -0.2) is 4.39 Å².